The molecule has 170 valence electrons. The summed E-state index contributed by atoms with van der Waals surface area (Å²) in [6.07, 6.45) is -0.935. The van der Waals surface area contributed by atoms with Crippen LogP contribution in [0.2, 0.25) is 18.1 Å². The maximum atomic E-state index is 12.9. The van der Waals surface area contributed by atoms with Crippen LogP contribution in [0.25, 0.3) is 0 Å². The number of benzene rings is 1. The highest BCUT2D eigenvalue weighted by atomic mass is 28.4. The van der Waals surface area contributed by atoms with Crippen molar-refractivity contribution < 1.29 is 23.1 Å². The largest absolute Gasteiger partial charge is 0.466 e. The Labute approximate surface area is 184 Å². The second-order valence-corrected chi connectivity index (χ2v) is 13.7. The summed E-state index contributed by atoms with van der Waals surface area (Å²) in [7, 11) is -2.18. The first-order valence-electron chi connectivity index (χ1n) is 10.5. The van der Waals surface area contributed by atoms with Crippen molar-refractivity contribution in [2.45, 2.75) is 71.9 Å². The van der Waals surface area contributed by atoms with Crippen molar-refractivity contribution in [2.24, 2.45) is 0 Å². The maximum Gasteiger partial charge on any atom is 0.397 e. The molecule has 1 atom stereocenters. The van der Waals surface area contributed by atoms with Gasteiger partial charge >= 0.3 is 17.7 Å². The number of hydrogen-bond acceptors (Lipinski definition) is 7. The van der Waals surface area contributed by atoms with Crippen LogP contribution in [0.3, 0.4) is 0 Å². The molecule has 31 heavy (non-hydrogen) atoms. The summed E-state index contributed by atoms with van der Waals surface area (Å²) in [5.41, 5.74) is 0.759. The SMILES string of the molecule is CCOC(=O)Cc1nc(OCc2ccccc2)oc(=O)c1[C@@H](C)O[Si](C)(C)C(C)(C)C. The summed E-state index contributed by atoms with van der Waals surface area (Å²) < 4.78 is 22.3. The van der Waals surface area contributed by atoms with Gasteiger partial charge in [-0.3, -0.25) is 4.79 Å². The highest BCUT2D eigenvalue weighted by Crippen LogP contribution is 2.39. The molecule has 8 heteroatoms. The molecule has 1 aromatic heterocycles. The summed E-state index contributed by atoms with van der Waals surface area (Å²) in [4.78, 5) is 29.4. The van der Waals surface area contributed by atoms with Gasteiger partial charge in [0.05, 0.1) is 30.4 Å². The van der Waals surface area contributed by atoms with E-state index in [9.17, 15) is 9.59 Å². The van der Waals surface area contributed by atoms with E-state index in [0.717, 1.165) is 5.56 Å². The number of rotatable bonds is 9. The fraction of sp³-hybridized carbons (Fsp3) is 0.522. The van der Waals surface area contributed by atoms with E-state index < -0.39 is 26.0 Å². The van der Waals surface area contributed by atoms with Gasteiger partial charge in [0.1, 0.15) is 6.61 Å². The fourth-order valence-corrected chi connectivity index (χ4v) is 4.14. The predicted molar refractivity (Wildman–Crippen MR) is 121 cm³/mol. The minimum atomic E-state index is -2.18. The Morgan fingerprint density at radius 2 is 1.84 bits per heavy atom. The Balaban J connectivity index is 2.36. The standard InChI is InChI=1S/C23H33NO6Si/c1-8-27-19(25)14-18-20(16(2)30-31(6,7)23(3,4)5)21(26)29-22(24-18)28-15-17-12-10-9-11-13-17/h9-13,16H,8,14-15H2,1-7H3/t16-/m1/s1. The average Bonchev–Trinajstić information content (AvgIpc) is 2.65. The van der Waals surface area contributed by atoms with Crippen LogP contribution in [0.5, 0.6) is 6.08 Å². The van der Waals surface area contributed by atoms with Crippen molar-refractivity contribution in [3.63, 3.8) is 0 Å². The third-order valence-corrected chi connectivity index (χ3v) is 10.00. The lowest BCUT2D eigenvalue weighted by Gasteiger charge is -2.38. The number of carbonyl (C=O) groups is 1. The predicted octanol–water partition coefficient (Wildman–Crippen LogP) is 4.80. The molecule has 0 unspecified atom stereocenters. The van der Waals surface area contributed by atoms with Gasteiger partial charge in [0.25, 0.3) is 0 Å². The van der Waals surface area contributed by atoms with E-state index in [1.165, 1.54) is 0 Å². The molecule has 0 saturated carbocycles. The summed E-state index contributed by atoms with van der Waals surface area (Å²) in [6.45, 7) is 14.5. The quantitative estimate of drug-likeness (QED) is 0.403. The summed E-state index contributed by atoms with van der Waals surface area (Å²) in [5, 5.41) is -0.0467. The summed E-state index contributed by atoms with van der Waals surface area (Å²) in [6, 6.07) is 9.45. The highest BCUT2D eigenvalue weighted by molar-refractivity contribution is 6.74. The first-order valence-corrected chi connectivity index (χ1v) is 13.4. The Hall–Kier alpha value is -2.45. The smallest absolute Gasteiger partial charge is 0.397 e. The number of esters is 1. The number of ether oxygens (including phenoxy) is 2. The Morgan fingerprint density at radius 3 is 2.42 bits per heavy atom. The monoisotopic (exact) mass is 447 g/mol. The number of aromatic nitrogens is 1. The third kappa shape index (κ3) is 6.77. The molecule has 0 spiro atoms. The van der Waals surface area contributed by atoms with Crippen LogP contribution in [0.15, 0.2) is 39.5 Å². The molecule has 0 bridgehead atoms. The average molecular weight is 448 g/mol. The van der Waals surface area contributed by atoms with Crippen molar-refractivity contribution in [1.82, 2.24) is 4.98 Å². The van der Waals surface area contributed by atoms with E-state index in [2.05, 4.69) is 38.8 Å². The van der Waals surface area contributed by atoms with Gasteiger partial charge in [-0.2, -0.15) is 4.98 Å². The molecular weight excluding hydrogens is 414 g/mol. The van der Waals surface area contributed by atoms with Gasteiger partial charge in [0, 0.05) is 0 Å². The van der Waals surface area contributed by atoms with Crippen molar-refractivity contribution in [3.8, 4) is 6.08 Å². The molecule has 0 N–H and O–H groups in total. The van der Waals surface area contributed by atoms with Gasteiger partial charge in [0.15, 0.2) is 8.32 Å². The minimum Gasteiger partial charge on any atom is -0.466 e. The Bertz CT molecular complexity index is 933. The van der Waals surface area contributed by atoms with E-state index in [-0.39, 0.29) is 42.0 Å². The van der Waals surface area contributed by atoms with Crippen molar-refractivity contribution in [1.29, 1.82) is 0 Å². The molecule has 0 radical (unpaired) electrons. The normalized spacial score (nSPS) is 13.0. The van der Waals surface area contributed by atoms with E-state index in [0.29, 0.717) is 0 Å². The molecule has 0 aliphatic heterocycles. The maximum absolute atomic E-state index is 12.9. The Kier molecular flexibility index (Phi) is 8.19. The third-order valence-electron chi connectivity index (χ3n) is 5.44. The Morgan fingerprint density at radius 1 is 1.19 bits per heavy atom. The van der Waals surface area contributed by atoms with E-state index in [4.69, 9.17) is 18.3 Å². The van der Waals surface area contributed by atoms with Crippen LogP contribution in [0.1, 0.15) is 57.5 Å². The van der Waals surface area contributed by atoms with E-state index in [1.807, 2.05) is 30.3 Å². The molecule has 0 saturated heterocycles. The molecule has 0 amide bonds. The van der Waals surface area contributed by atoms with Gasteiger partial charge in [-0.05, 0) is 37.5 Å². The van der Waals surface area contributed by atoms with Gasteiger partial charge in [-0.1, -0.05) is 51.1 Å². The van der Waals surface area contributed by atoms with Crippen LogP contribution in [-0.2, 0) is 27.0 Å². The van der Waals surface area contributed by atoms with E-state index >= 15 is 0 Å². The zero-order valence-electron chi connectivity index (χ0n) is 19.5. The second-order valence-electron chi connectivity index (χ2n) is 8.90. The topological polar surface area (TPSA) is 87.9 Å². The summed E-state index contributed by atoms with van der Waals surface area (Å²) in [5.74, 6) is -0.476. The highest BCUT2D eigenvalue weighted by Gasteiger charge is 2.39. The lowest BCUT2D eigenvalue weighted by atomic mass is 10.1. The first-order chi connectivity index (χ1) is 14.4. The molecule has 1 aromatic carbocycles. The zero-order chi connectivity index (χ0) is 23.2. The number of hydrogen-bond donors (Lipinski definition) is 0. The molecule has 0 fully saturated rings. The zero-order valence-corrected chi connectivity index (χ0v) is 20.5. The fourth-order valence-electron chi connectivity index (χ4n) is 2.79. The van der Waals surface area contributed by atoms with Gasteiger partial charge in [0.2, 0.25) is 0 Å². The molecule has 1 heterocycles. The van der Waals surface area contributed by atoms with Crippen LogP contribution >= 0.6 is 0 Å². The number of carbonyl (C=O) groups excluding carboxylic acids is 1. The van der Waals surface area contributed by atoms with Crippen LogP contribution < -0.4 is 10.4 Å². The van der Waals surface area contributed by atoms with Crippen LogP contribution in [0.4, 0.5) is 0 Å². The van der Waals surface area contributed by atoms with Crippen molar-refractivity contribution >= 4 is 14.3 Å². The van der Waals surface area contributed by atoms with Crippen molar-refractivity contribution in [3.05, 3.63) is 57.6 Å². The molecule has 2 rings (SSSR count). The first kappa shape index (κ1) is 24.8. The van der Waals surface area contributed by atoms with Crippen LogP contribution in [0, 0.1) is 0 Å². The second kappa shape index (κ2) is 10.2. The van der Waals surface area contributed by atoms with Gasteiger partial charge in [-0.25, -0.2) is 4.79 Å². The van der Waals surface area contributed by atoms with E-state index in [1.54, 1.807) is 13.8 Å². The van der Waals surface area contributed by atoms with Crippen LogP contribution in [-0.4, -0.2) is 25.9 Å². The molecule has 7 nitrogen and oxygen atoms in total. The molecule has 0 aliphatic carbocycles. The number of nitrogens with zero attached hydrogens (tertiary/aromatic N) is 1. The lowest BCUT2D eigenvalue weighted by Crippen LogP contribution is -2.42. The molecular formula is C23H33NO6Si. The lowest BCUT2D eigenvalue weighted by molar-refractivity contribution is -0.142. The molecule has 2 aromatic rings. The summed E-state index contributed by atoms with van der Waals surface area (Å²) >= 11 is 0. The van der Waals surface area contributed by atoms with Gasteiger partial charge in [-0.15, -0.1) is 0 Å². The van der Waals surface area contributed by atoms with Crippen molar-refractivity contribution in [2.75, 3.05) is 6.61 Å². The minimum absolute atomic E-state index is 0.0467. The molecule has 0 aliphatic rings. The van der Waals surface area contributed by atoms with Gasteiger partial charge < -0.3 is 18.3 Å².